The third-order valence-corrected chi connectivity index (χ3v) is 12.8. The molecule has 5 fully saturated rings. The van der Waals surface area contributed by atoms with Gasteiger partial charge < -0.3 is 20.0 Å². The minimum atomic E-state index is -1.09. The van der Waals surface area contributed by atoms with Gasteiger partial charge in [0, 0.05) is 56.9 Å². The van der Waals surface area contributed by atoms with E-state index in [1.807, 2.05) is 29.2 Å². The lowest BCUT2D eigenvalue weighted by molar-refractivity contribution is -0.136. The maximum atomic E-state index is 15.6. The van der Waals surface area contributed by atoms with E-state index in [9.17, 15) is 29.4 Å². The zero-order chi connectivity index (χ0) is 40.2. The summed E-state index contributed by atoms with van der Waals surface area (Å²) in [6, 6.07) is 25.4. The van der Waals surface area contributed by atoms with Crippen LogP contribution in [-0.4, -0.2) is 94.5 Å². The van der Waals surface area contributed by atoms with Gasteiger partial charge in [-0.25, -0.2) is 4.39 Å². The van der Waals surface area contributed by atoms with E-state index in [1.165, 1.54) is 11.8 Å². The highest BCUT2D eigenvalue weighted by Gasteiger charge is 2.48. The topological polar surface area (TPSA) is 134 Å². The molecule has 0 aliphatic carbocycles. The second-order valence-corrected chi connectivity index (χ2v) is 16.2. The van der Waals surface area contributed by atoms with Crippen molar-refractivity contribution in [2.45, 2.75) is 63.6 Å². The summed E-state index contributed by atoms with van der Waals surface area (Å²) in [4.78, 5) is 58.6. The van der Waals surface area contributed by atoms with Crippen molar-refractivity contribution in [3.05, 3.63) is 119 Å². The number of allylic oxidation sites excluding steroid dienone is 1. The van der Waals surface area contributed by atoms with Crippen LogP contribution in [0.25, 0.3) is 11.1 Å². The molecule has 4 aromatic carbocycles. The van der Waals surface area contributed by atoms with Crippen molar-refractivity contribution in [3.8, 4) is 11.5 Å². The number of hydrogen-bond donors (Lipinski definition) is 3. The van der Waals surface area contributed by atoms with E-state index in [0.29, 0.717) is 24.7 Å². The number of halogens is 1. The Morgan fingerprint density at radius 1 is 0.741 bits per heavy atom. The van der Waals surface area contributed by atoms with Gasteiger partial charge in [-0.3, -0.25) is 34.3 Å². The second-order valence-electron chi connectivity index (χ2n) is 16.2. The summed E-state index contributed by atoms with van der Waals surface area (Å²) >= 11 is 0. The molecule has 12 heteroatoms. The Morgan fingerprint density at radius 3 is 1.90 bits per heavy atom. The van der Waals surface area contributed by atoms with E-state index in [4.69, 9.17) is 0 Å². The molecule has 0 spiro atoms. The summed E-state index contributed by atoms with van der Waals surface area (Å²) in [6.45, 7) is 6.29. The monoisotopic (exact) mass is 783 g/mol. The molecule has 6 heterocycles. The average molecular weight is 784 g/mol. The quantitative estimate of drug-likeness (QED) is 0.134. The lowest BCUT2D eigenvalue weighted by Crippen LogP contribution is -2.69. The van der Waals surface area contributed by atoms with Crippen molar-refractivity contribution < 1.29 is 33.8 Å². The zero-order valence-corrected chi connectivity index (χ0v) is 32.4. The van der Waals surface area contributed by atoms with E-state index < -0.39 is 35.5 Å². The number of fused-ring (bicyclic) bond motifs is 3. The van der Waals surface area contributed by atoms with Crippen LogP contribution in [0.5, 0.6) is 11.5 Å². The van der Waals surface area contributed by atoms with Gasteiger partial charge in [-0.05, 0) is 114 Å². The van der Waals surface area contributed by atoms with Gasteiger partial charge in [-0.1, -0.05) is 43.3 Å². The van der Waals surface area contributed by atoms with Crippen LogP contribution < -0.4 is 15.1 Å². The summed E-state index contributed by atoms with van der Waals surface area (Å²) in [5.41, 5.74) is 6.92. The highest BCUT2D eigenvalue weighted by Crippen LogP contribution is 2.40. The number of phenolic OH excluding ortho intramolecular Hbond substituents is 2. The van der Waals surface area contributed by atoms with Gasteiger partial charge in [0.1, 0.15) is 23.4 Å². The van der Waals surface area contributed by atoms with Crippen molar-refractivity contribution in [1.29, 1.82) is 0 Å². The number of nitrogens with zero attached hydrogens (tertiary/aromatic N) is 4. The Balaban J connectivity index is 0.828. The molecule has 2 bridgehead atoms. The smallest absolute Gasteiger partial charge is 0.262 e. The zero-order valence-electron chi connectivity index (χ0n) is 32.4. The lowest BCUT2D eigenvalue weighted by atomic mass is 9.84. The molecule has 10 rings (SSSR count). The first-order valence-electron chi connectivity index (χ1n) is 20.3. The van der Waals surface area contributed by atoms with E-state index in [-0.39, 0.29) is 47.6 Å². The summed E-state index contributed by atoms with van der Waals surface area (Å²) in [6.07, 6.45) is 4.04. The molecular formula is C46H46FN5O6. The molecule has 0 radical (unpaired) electrons. The number of nitrogens with one attached hydrogen (secondary N) is 1. The van der Waals surface area contributed by atoms with Crippen LogP contribution in [0.4, 0.5) is 15.8 Å². The molecule has 4 aromatic rings. The Bertz CT molecular complexity index is 2310. The minimum absolute atomic E-state index is 0.0242. The lowest BCUT2D eigenvalue weighted by Gasteiger charge is -2.58. The molecule has 5 saturated heterocycles. The van der Waals surface area contributed by atoms with Gasteiger partial charge in [0.2, 0.25) is 11.8 Å². The number of piperazine rings is 1. The highest BCUT2D eigenvalue weighted by molar-refractivity contribution is 6.23. The first-order chi connectivity index (χ1) is 28.1. The van der Waals surface area contributed by atoms with Crippen LogP contribution >= 0.6 is 0 Å². The molecule has 0 aromatic heterocycles. The van der Waals surface area contributed by atoms with Crippen molar-refractivity contribution in [3.63, 3.8) is 0 Å². The molecule has 3 N–H and O–H groups in total. The number of carbonyl (C=O) groups is 4. The molecule has 6 aliphatic heterocycles. The average Bonchev–Trinajstić information content (AvgIpc) is 3.47. The van der Waals surface area contributed by atoms with Crippen LogP contribution in [0.2, 0.25) is 0 Å². The van der Waals surface area contributed by atoms with E-state index in [1.54, 1.807) is 24.3 Å². The van der Waals surface area contributed by atoms with Crippen molar-refractivity contribution >= 4 is 46.1 Å². The number of carbonyl (C=O) groups excluding carboxylic acids is 4. The normalized spacial score (nSPS) is 22.8. The molecule has 11 nitrogen and oxygen atoms in total. The first-order valence-corrected chi connectivity index (χ1v) is 20.3. The predicted octanol–water partition coefficient (Wildman–Crippen LogP) is 6.19. The molecule has 3 atom stereocenters. The van der Waals surface area contributed by atoms with Crippen LogP contribution in [-0.2, 0) is 9.59 Å². The van der Waals surface area contributed by atoms with E-state index in [0.717, 1.165) is 84.1 Å². The summed E-state index contributed by atoms with van der Waals surface area (Å²) in [5, 5.41) is 22.1. The molecular weight excluding hydrogens is 738 g/mol. The van der Waals surface area contributed by atoms with Crippen molar-refractivity contribution in [2.75, 3.05) is 42.5 Å². The standard InChI is InChI=1S/C46H46FN5O6/c1-2-36(28-5-11-34(53)12-6-28)43(30-7-13-35(54)14-8-30)29-3-9-31(10-4-29)49-19-17-27(18-20-49)24-51-32-21-33(51)26-50(25-32)41-23-38-37(22-39(41)47)45(57)52(46(38)58)40-15-16-42(55)48-44(40)56/h3-14,22-23,27,32-33,40,53-54H,2,15-21,24-26H2,1H3,(H,48,55,56). The number of benzene rings is 4. The SMILES string of the molecule is CCC(=C(c1ccc(O)cc1)c1ccc(N2CCC(CN3C4CC3CN(c3cc5c(cc3F)C(=O)N(C3CCC(=O)NC3=O)C5=O)C4)CC2)cc1)c1ccc(O)cc1. The van der Waals surface area contributed by atoms with Crippen LogP contribution in [0.1, 0.15) is 82.9 Å². The van der Waals surface area contributed by atoms with E-state index in [2.05, 4.69) is 46.3 Å². The highest BCUT2D eigenvalue weighted by atomic mass is 19.1. The molecule has 298 valence electrons. The maximum Gasteiger partial charge on any atom is 0.262 e. The Labute approximate surface area is 336 Å². The number of aromatic hydroxyl groups is 2. The third-order valence-electron chi connectivity index (χ3n) is 12.8. The van der Waals surface area contributed by atoms with Crippen LogP contribution in [0.15, 0.2) is 84.9 Å². The third kappa shape index (κ3) is 6.78. The molecule has 4 amide bonds. The van der Waals surface area contributed by atoms with Gasteiger partial charge >= 0.3 is 0 Å². The first kappa shape index (κ1) is 37.6. The van der Waals surface area contributed by atoms with Gasteiger partial charge in [-0.2, -0.15) is 0 Å². The molecule has 6 aliphatic rings. The number of hydrogen-bond acceptors (Lipinski definition) is 9. The molecule has 3 unspecified atom stereocenters. The summed E-state index contributed by atoms with van der Waals surface area (Å²) in [5.74, 6) is -2.04. The Hall–Kier alpha value is -6.01. The Kier molecular flexibility index (Phi) is 9.75. The number of anilines is 2. The number of imide groups is 2. The van der Waals surface area contributed by atoms with Crippen molar-refractivity contribution in [1.82, 2.24) is 15.1 Å². The van der Waals surface area contributed by atoms with Crippen LogP contribution in [0.3, 0.4) is 0 Å². The number of rotatable bonds is 9. The molecule has 58 heavy (non-hydrogen) atoms. The fourth-order valence-corrected chi connectivity index (χ4v) is 9.75. The second kappa shape index (κ2) is 15.1. The van der Waals surface area contributed by atoms with Gasteiger partial charge in [0.05, 0.1) is 16.8 Å². The number of amides is 4. The predicted molar refractivity (Wildman–Crippen MR) is 218 cm³/mol. The number of phenols is 2. The summed E-state index contributed by atoms with van der Waals surface area (Å²) in [7, 11) is 0. The van der Waals surface area contributed by atoms with Gasteiger partial charge in [0.25, 0.3) is 11.8 Å². The fraction of sp³-hybridized carbons (Fsp3) is 0.348. The van der Waals surface area contributed by atoms with Gasteiger partial charge in [0.15, 0.2) is 0 Å². The fourth-order valence-electron chi connectivity index (χ4n) is 9.75. The summed E-state index contributed by atoms with van der Waals surface area (Å²) < 4.78 is 15.6. The Morgan fingerprint density at radius 2 is 1.31 bits per heavy atom. The van der Waals surface area contributed by atoms with Gasteiger partial charge in [-0.15, -0.1) is 0 Å². The van der Waals surface area contributed by atoms with E-state index >= 15 is 4.39 Å². The van der Waals surface area contributed by atoms with Crippen molar-refractivity contribution in [2.24, 2.45) is 5.92 Å². The minimum Gasteiger partial charge on any atom is -0.508 e. The number of piperidine rings is 3. The largest absolute Gasteiger partial charge is 0.508 e. The maximum absolute atomic E-state index is 15.6. The van der Waals surface area contributed by atoms with Crippen LogP contribution in [0, 0.1) is 11.7 Å². The molecule has 0 saturated carbocycles.